The highest BCUT2D eigenvalue weighted by molar-refractivity contribution is 4.92. The first-order valence-corrected chi connectivity index (χ1v) is 15.1. The van der Waals surface area contributed by atoms with Crippen molar-refractivity contribution in [2.75, 3.05) is 20.6 Å². The van der Waals surface area contributed by atoms with Gasteiger partial charge < -0.3 is 4.90 Å². The van der Waals surface area contributed by atoms with Gasteiger partial charge in [0.2, 0.25) is 0 Å². The van der Waals surface area contributed by atoms with Gasteiger partial charge in [-0.1, -0.05) is 147 Å². The second-order valence-corrected chi connectivity index (χ2v) is 10.7. The van der Waals surface area contributed by atoms with Crippen molar-refractivity contribution in [3.05, 3.63) is 24.3 Å². The van der Waals surface area contributed by atoms with Crippen molar-refractivity contribution < 1.29 is 0 Å². The van der Waals surface area contributed by atoms with Crippen LogP contribution < -0.4 is 0 Å². The van der Waals surface area contributed by atoms with E-state index in [1.165, 1.54) is 141 Å². The molecular weight excluding hydrogens is 398 g/mol. The third-order valence-corrected chi connectivity index (χ3v) is 7.01. The van der Waals surface area contributed by atoms with Crippen molar-refractivity contribution in [1.29, 1.82) is 0 Å². The lowest BCUT2D eigenvalue weighted by Gasteiger charge is -2.19. The van der Waals surface area contributed by atoms with E-state index in [4.69, 9.17) is 0 Å². The van der Waals surface area contributed by atoms with Crippen molar-refractivity contribution in [2.45, 2.75) is 155 Å². The summed E-state index contributed by atoms with van der Waals surface area (Å²) >= 11 is 0. The zero-order valence-electron chi connectivity index (χ0n) is 23.6. The average molecular weight is 462 g/mol. The molecule has 1 atom stereocenters. The van der Waals surface area contributed by atoms with Gasteiger partial charge in [0, 0.05) is 0 Å². The van der Waals surface area contributed by atoms with E-state index in [-0.39, 0.29) is 0 Å². The number of unbranched alkanes of at least 4 members (excludes halogenated alkanes) is 15. The minimum absolute atomic E-state index is 0.969. The molecule has 0 saturated carbocycles. The molecule has 1 heteroatoms. The van der Waals surface area contributed by atoms with E-state index in [9.17, 15) is 0 Å². The Labute approximate surface area is 210 Å². The lowest BCUT2D eigenvalue weighted by atomic mass is 9.91. The van der Waals surface area contributed by atoms with Crippen molar-refractivity contribution in [1.82, 2.24) is 4.90 Å². The topological polar surface area (TPSA) is 3.24 Å². The number of rotatable bonds is 26. The first kappa shape index (κ1) is 32.4. The number of allylic oxidation sites excluding steroid dienone is 4. The number of hydrogen-bond donors (Lipinski definition) is 0. The molecule has 196 valence electrons. The molecule has 0 saturated heterocycles. The molecule has 0 fully saturated rings. The molecule has 0 aromatic heterocycles. The molecule has 33 heavy (non-hydrogen) atoms. The second-order valence-electron chi connectivity index (χ2n) is 10.7. The van der Waals surface area contributed by atoms with Crippen LogP contribution in [0, 0.1) is 5.92 Å². The van der Waals surface area contributed by atoms with E-state index in [0.29, 0.717) is 0 Å². The molecule has 0 aromatic rings. The summed E-state index contributed by atoms with van der Waals surface area (Å²) in [7, 11) is 4.46. The van der Waals surface area contributed by atoms with Gasteiger partial charge in [0.05, 0.1) is 0 Å². The molecule has 1 nitrogen and oxygen atoms in total. The molecule has 1 unspecified atom stereocenters. The fraction of sp³-hybridized carbons (Fsp3) is 0.875. The summed E-state index contributed by atoms with van der Waals surface area (Å²) in [4.78, 5) is 2.37. The maximum absolute atomic E-state index is 2.39. The van der Waals surface area contributed by atoms with Crippen LogP contribution in [0.2, 0.25) is 0 Å². The van der Waals surface area contributed by atoms with E-state index >= 15 is 0 Å². The first-order valence-electron chi connectivity index (χ1n) is 15.1. The maximum Gasteiger partial charge on any atom is -0.00222 e. The third kappa shape index (κ3) is 27.6. The van der Waals surface area contributed by atoms with Crippen LogP contribution in [0.4, 0.5) is 0 Å². The SMILES string of the molecule is CCCC/C=C\C/C=C\CCCCCCCCCC(CCCCCCCCC)CCN(C)C. The maximum atomic E-state index is 2.39. The van der Waals surface area contributed by atoms with E-state index in [1.54, 1.807) is 0 Å². The lowest BCUT2D eigenvalue weighted by molar-refractivity contribution is 0.314. The molecule has 0 radical (unpaired) electrons. The Bertz CT molecular complexity index is 409. The van der Waals surface area contributed by atoms with Crippen LogP contribution in [-0.4, -0.2) is 25.5 Å². The zero-order valence-corrected chi connectivity index (χ0v) is 23.6. The molecular formula is C32H63N. The third-order valence-electron chi connectivity index (χ3n) is 7.01. The summed E-state index contributed by atoms with van der Waals surface area (Å²) in [6.45, 7) is 5.84. The predicted octanol–water partition coefficient (Wildman–Crippen LogP) is 10.9. The average Bonchev–Trinajstić information content (AvgIpc) is 2.81. The van der Waals surface area contributed by atoms with Crippen LogP contribution in [0.25, 0.3) is 0 Å². The summed E-state index contributed by atoms with van der Waals surface area (Å²) in [5, 5.41) is 0. The minimum Gasteiger partial charge on any atom is -0.309 e. The van der Waals surface area contributed by atoms with Crippen molar-refractivity contribution in [3.8, 4) is 0 Å². The number of hydrogen-bond acceptors (Lipinski definition) is 1. The smallest absolute Gasteiger partial charge is 0.00222 e. The highest BCUT2D eigenvalue weighted by atomic mass is 15.0. The molecule has 0 spiro atoms. The summed E-state index contributed by atoms with van der Waals surface area (Å²) in [6, 6.07) is 0. The van der Waals surface area contributed by atoms with Crippen LogP contribution >= 0.6 is 0 Å². The van der Waals surface area contributed by atoms with Gasteiger partial charge >= 0.3 is 0 Å². The summed E-state index contributed by atoms with van der Waals surface area (Å²) in [5.41, 5.74) is 0. The molecule has 0 N–H and O–H groups in total. The summed E-state index contributed by atoms with van der Waals surface area (Å²) < 4.78 is 0. The van der Waals surface area contributed by atoms with Gasteiger partial charge in [-0.15, -0.1) is 0 Å². The fourth-order valence-electron chi connectivity index (χ4n) is 4.67. The standard InChI is InChI=1S/C32H63N/c1-5-7-9-11-13-14-15-16-17-18-19-20-21-23-25-27-29-32(30-31-33(3)4)28-26-24-22-12-10-8-6-2/h11,13,15-16,32H,5-10,12,14,17-31H2,1-4H3/b13-11-,16-15-. The summed E-state index contributed by atoms with van der Waals surface area (Å²) in [5.74, 6) is 0.969. The van der Waals surface area contributed by atoms with Gasteiger partial charge in [-0.05, 0) is 58.7 Å². The van der Waals surface area contributed by atoms with Crippen LogP contribution in [0.15, 0.2) is 24.3 Å². The Balaban J connectivity index is 3.62. The molecule has 0 aromatic carbocycles. The molecule has 0 amide bonds. The Hall–Kier alpha value is -0.560. The highest BCUT2D eigenvalue weighted by Gasteiger charge is 2.09. The van der Waals surface area contributed by atoms with Gasteiger partial charge in [-0.25, -0.2) is 0 Å². The monoisotopic (exact) mass is 461 g/mol. The van der Waals surface area contributed by atoms with E-state index < -0.39 is 0 Å². The van der Waals surface area contributed by atoms with E-state index in [0.717, 1.165) is 12.3 Å². The van der Waals surface area contributed by atoms with Gasteiger partial charge in [0.25, 0.3) is 0 Å². The van der Waals surface area contributed by atoms with Crippen LogP contribution in [0.1, 0.15) is 155 Å². The molecule has 0 aliphatic rings. The van der Waals surface area contributed by atoms with Crippen LogP contribution in [0.3, 0.4) is 0 Å². The molecule has 0 aliphatic carbocycles. The number of nitrogens with zero attached hydrogens (tertiary/aromatic N) is 1. The predicted molar refractivity (Wildman–Crippen MR) is 153 cm³/mol. The normalized spacial score (nSPS) is 13.1. The Morgan fingerprint density at radius 3 is 1.45 bits per heavy atom. The van der Waals surface area contributed by atoms with E-state index in [1.807, 2.05) is 0 Å². The van der Waals surface area contributed by atoms with Gasteiger partial charge in [0.15, 0.2) is 0 Å². The fourth-order valence-corrected chi connectivity index (χ4v) is 4.67. The molecule has 0 bridgehead atoms. The minimum atomic E-state index is 0.969. The lowest BCUT2D eigenvalue weighted by Crippen LogP contribution is -2.17. The largest absolute Gasteiger partial charge is 0.309 e. The Kier molecular flexibility index (Phi) is 27.2. The van der Waals surface area contributed by atoms with Crippen molar-refractivity contribution in [2.24, 2.45) is 5.92 Å². The molecule has 0 aliphatic heterocycles. The van der Waals surface area contributed by atoms with E-state index in [2.05, 4.69) is 57.1 Å². The van der Waals surface area contributed by atoms with Gasteiger partial charge in [0.1, 0.15) is 0 Å². The Morgan fingerprint density at radius 2 is 0.939 bits per heavy atom. The zero-order chi connectivity index (χ0) is 24.2. The molecule has 0 heterocycles. The summed E-state index contributed by atoms with van der Waals surface area (Å²) in [6.07, 6.45) is 40.2. The highest BCUT2D eigenvalue weighted by Crippen LogP contribution is 2.22. The quantitative estimate of drug-likeness (QED) is 0.0914. The van der Waals surface area contributed by atoms with Gasteiger partial charge in [-0.3, -0.25) is 0 Å². The molecule has 0 rings (SSSR count). The van der Waals surface area contributed by atoms with Crippen molar-refractivity contribution >= 4 is 0 Å². The Morgan fingerprint density at radius 1 is 0.485 bits per heavy atom. The first-order chi connectivity index (χ1) is 16.2. The van der Waals surface area contributed by atoms with Crippen molar-refractivity contribution in [3.63, 3.8) is 0 Å². The van der Waals surface area contributed by atoms with Crippen LogP contribution in [-0.2, 0) is 0 Å². The second kappa shape index (κ2) is 27.7. The van der Waals surface area contributed by atoms with Crippen LogP contribution in [0.5, 0.6) is 0 Å². The van der Waals surface area contributed by atoms with Gasteiger partial charge in [-0.2, -0.15) is 0 Å².